The van der Waals surface area contributed by atoms with Crippen molar-refractivity contribution < 1.29 is 0 Å². The van der Waals surface area contributed by atoms with Crippen LogP contribution in [-0.4, -0.2) is 18.6 Å². The molecule has 0 saturated heterocycles. The first-order valence-electron chi connectivity index (χ1n) is 8.72. The van der Waals surface area contributed by atoms with Crippen LogP contribution < -0.4 is 10.7 Å². The van der Waals surface area contributed by atoms with Gasteiger partial charge in [0.25, 0.3) is 0 Å². The Hall–Kier alpha value is -2.36. The van der Waals surface area contributed by atoms with Crippen molar-refractivity contribution in [1.29, 1.82) is 0 Å². The molecule has 3 nitrogen and oxygen atoms in total. The summed E-state index contributed by atoms with van der Waals surface area (Å²) in [4.78, 5) is 15.7. The van der Waals surface area contributed by atoms with Crippen LogP contribution in [0.4, 0.5) is 0 Å². The number of benzene rings is 1. The van der Waals surface area contributed by atoms with Gasteiger partial charge in [0.1, 0.15) is 5.02 Å². The molecule has 1 aromatic heterocycles. The summed E-state index contributed by atoms with van der Waals surface area (Å²) in [5.41, 5.74) is 6.60. The number of H-pyrrole nitrogens is 1. The normalized spacial score (nSPS) is 14.0. The van der Waals surface area contributed by atoms with E-state index in [-0.39, 0.29) is 10.5 Å². The second-order valence-electron chi connectivity index (χ2n) is 6.55. The third-order valence-corrected chi connectivity index (χ3v) is 5.06. The van der Waals surface area contributed by atoms with Crippen LogP contribution >= 0.6 is 11.6 Å². The van der Waals surface area contributed by atoms with E-state index >= 15 is 0 Å². The number of rotatable bonds is 4. The maximum Gasteiger partial charge on any atom is 0.208 e. The summed E-state index contributed by atoms with van der Waals surface area (Å²) >= 11 is 6.14. The van der Waals surface area contributed by atoms with E-state index in [1.807, 2.05) is 33.0 Å². The number of allylic oxidation sites excluding steroid dienone is 5. The lowest BCUT2D eigenvalue weighted by atomic mass is 9.98. The van der Waals surface area contributed by atoms with Crippen molar-refractivity contribution >= 4 is 17.2 Å². The summed E-state index contributed by atoms with van der Waals surface area (Å²) in [6.07, 6.45) is 9.54. The molecule has 0 spiro atoms. The zero-order chi connectivity index (χ0) is 18.7. The number of aryl methyl sites for hydroxylation is 2. The van der Waals surface area contributed by atoms with Crippen LogP contribution in [0.2, 0.25) is 5.02 Å². The Morgan fingerprint density at radius 3 is 2.50 bits per heavy atom. The highest BCUT2D eigenvalue weighted by molar-refractivity contribution is 6.31. The van der Waals surface area contributed by atoms with Gasteiger partial charge in [-0.15, -0.1) is 0 Å². The maximum absolute atomic E-state index is 12.6. The van der Waals surface area contributed by atoms with Crippen LogP contribution in [0.15, 0.2) is 58.9 Å². The molecule has 0 amide bonds. The van der Waals surface area contributed by atoms with Crippen molar-refractivity contribution in [3.63, 3.8) is 0 Å². The Bertz CT molecular complexity index is 963. The molecule has 0 saturated carbocycles. The second-order valence-corrected chi connectivity index (χ2v) is 6.93. The van der Waals surface area contributed by atoms with Gasteiger partial charge in [0.05, 0.1) is 0 Å². The van der Waals surface area contributed by atoms with Crippen molar-refractivity contribution in [3.8, 4) is 11.1 Å². The highest BCUT2D eigenvalue weighted by Crippen LogP contribution is 2.26. The fraction of sp³-hybridized carbons (Fsp3) is 0.227. The van der Waals surface area contributed by atoms with E-state index in [0.29, 0.717) is 11.3 Å². The smallest absolute Gasteiger partial charge is 0.208 e. The highest BCUT2D eigenvalue weighted by atomic mass is 35.5. The lowest BCUT2D eigenvalue weighted by Crippen LogP contribution is -2.11. The number of likely N-dealkylation sites (N-methyl/N-ethyl adjacent to an activating group) is 1. The average Bonchev–Trinajstić information content (AvgIpc) is 2.86. The van der Waals surface area contributed by atoms with Crippen molar-refractivity contribution in [2.45, 2.75) is 20.3 Å². The monoisotopic (exact) mass is 366 g/mol. The topological polar surface area (TPSA) is 44.9 Å². The number of aromatic amines is 1. The summed E-state index contributed by atoms with van der Waals surface area (Å²) < 4.78 is 0. The minimum atomic E-state index is -0.123. The molecule has 0 aliphatic heterocycles. The summed E-state index contributed by atoms with van der Waals surface area (Å²) in [6, 6.07) is 8.09. The van der Waals surface area contributed by atoms with Gasteiger partial charge < -0.3 is 10.3 Å². The quantitative estimate of drug-likeness (QED) is 0.816. The fourth-order valence-corrected chi connectivity index (χ4v) is 3.40. The molecular weight excluding hydrogens is 344 g/mol. The van der Waals surface area contributed by atoms with Gasteiger partial charge in [-0.05, 0) is 44.0 Å². The molecule has 1 aromatic carbocycles. The molecular formula is C22H23ClN2O. The Kier molecular flexibility index (Phi) is 5.60. The largest absolute Gasteiger partial charge is 0.361 e. The molecule has 26 heavy (non-hydrogen) atoms. The average molecular weight is 367 g/mol. The minimum Gasteiger partial charge on any atom is -0.361 e. The van der Waals surface area contributed by atoms with Gasteiger partial charge in [-0.1, -0.05) is 65.7 Å². The van der Waals surface area contributed by atoms with E-state index in [4.69, 9.17) is 11.6 Å². The van der Waals surface area contributed by atoms with E-state index in [0.717, 1.165) is 29.8 Å². The number of hydrogen-bond acceptors (Lipinski definition) is 2. The van der Waals surface area contributed by atoms with Crippen molar-refractivity contribution in [1.82, 2.24) is 10.3 Å². The van der Waals surface area contributed by atoms with Gasteiger partial charge in [-0.2, -0.15) is 0 Å². The Morgan fingerprint density at radius 2 is 1.81 bits per heavy atom. The van der Waals surface area contributed by atoms with Gasteiger partial charge in [-0.3, -0.25) is 4.79 Å². The summed E-state index contributed by atoms with van der Waals surface area (Å²) in [5, 5.41) is 3.45. The zero-order valence-corrected chi connectivity index (χ0v) is 16.1. The molecule has 4 heteroatoms. The van der Waals surface area contributed by atoms with Crippen LogP contribution in [0, 0.1) is 13.8 Å². The molecule has 0 unspecified atom stereocenters. The first-order valence-corrected chi connectivity index (χ1v) is 9.09. The lowest BCUT2D eigenvalue weighted by molar-refractivity contribution is 0.862. The summed E-state index contributed by atoms with van der Waals surface area (Å²) in [5.74, 6) is 0. The number of halogens is 1. The van der Waals surface area contributed by atoms with E-state index in [9.17, 15) is 4.79 Å². The minimum absolute atomic E-state index is 0.123. The van der Waals surface area contributed by atoms with E-state index in [1.54, 1.807) is 0 Å². The molecule has 2 aromatic rings. The van der Waals surface area contributed by atoms with E-state index < -0.39 is 0 Å². The molecule has 1 heterocycles. The van der Waals surface area contributed by atoms with E-state index in [2.05, 4.69) is 46.7 Å². The van der Waals surface area contributed by atoms with Gasteiger partial charge in [0, 0.05) is 23.5 Å². The molecule has 1 aliphatic carbocycles. The van der Waals surface area contributed by atoms with E-state index in [1.165, 1.54) is 11.1 Å². The SMILES string of the molecule is CNCC1=CC=CC(c2ccc(-c3c(C)[nH]c(C)c(Cl)c3=O)cc2)=CC1. The number of hydrogen-bond donors (Lipinski definition) is 2. The van der Waals surface area contributed by atoms with Crippen molar-refractivity contribution in [2.75, 3.05) is 13.6 Å². The van der Waals surface area contributed by atoms with Crippen LogP contribution in [0.25, 0.3) is 16.7 Å². The van der Waals surface area contributed by atoms with Crippen molar-refractivity contribution in [2.24, 2.45) is 0 Å². The summed E-state index contributed by atoms with van der Waals surface area (Å²) in [6.45, 7) is 4.60. The second kappa shape index (κ2) is 7.90. The number of nitrogens with one attached hydrogen (secondary N) is 2. The number of pyridine rings is 1. The first kappa shape index (κ1) is 18.4. The molecule has 0 bridgehead atoms. The Balaban J connectivity index is 1.91. The standard InChI is InChI=1S/C22H23ClN2O/c1-14-20(22(26)21(23)15(2)25-14)19-11-9-18(10-12-19)17-6-4-5-16(7-8-17)13-24-3/h4-6,8-12,24H,7,13H2,1-3H3,(H,25,26). The predicted molar refractivity (Wildman–Crippen MR) is 111 cm³/mol. The lowest BCUT2D eigenvalue weighted by Gasteiger charge is -2.10. The molecule has 0 fully saturated rings. The Morgan fingerprint density at radius 1 is 1.12 bits per heavy atom. The molecule has 2 N–H and O–H groups in total. The molecule has 3 rings (SSSR count). The molecule has 134 valence electrons. The van der Waals surface area contributed by atoms with Crippen LogP contribution in [-0.2, 0) is 0 Å². The fourth-order valence-electron chi connectivity index (χ4n) is 3.26. The van der Waals surface area contributed by atoms with Gasteiger partial charge >= 0.3 is 0 Å². The van der Waals surface area contributed by atoms with Gasteiger partial charge in [0.15, 0.2) is 0 Å². The summed E-state index contributed by atoms with van der Waals surface area (Å²) in [7, 11) is 1.96. The third kappa shape index (κ3) is 3.74. The molecule has 1 aliphatic rings. The molecule has 0 atom stereocenters. The van der Waals surface area contributed by atoms with Gasteiger partial charge in [-0.25, -0.2) is 0 Å². The van der Waals surface area contributed by atoms with Crippen LogP contribution in [0.1, 0.15) is 23.4 Å². The van der Waals surface area contributed by atoms with Crippen molar-refractivity contribution in [3.05, 3.63) is 86.3 Å². The van der Waals surface area contributed by atoms with Crippen LogP contribution in [0.5, 0.6) is 0 Å². The predicted octanol–water partition coefficient (Wildman–Crippen LogP) is 4.80. The first-order chi connectivity index (χ1) is 12.5. The molecule has 0 radical (unpaired) electrons. The number of aromatic nitrogens is 1. The van der Waals surface area contributed by atoms with Crippen LogP contribution in [0.3, 0.4) is 0 Å². The highest BCUT2D eigenvalue weighted by Gasteiger charge is 2.13. The van der Waals surface area contributed by atoms with Gasteiger partial charge in [0.2, 0.25) is 5.43 Å². The zero-order valence-electron chi connectivity index (χ0n) is 15.3. The Labute approximate surface area is 159 Å². The third-order valence-electron chi connectivity index (χ3n) is 4.61. The maximum atomic E-state index is 12.6.